The molecule has 2 aliphatic rings. The SMILES string of the molecule is NCCNCC1(N2CC(=O)OC(=O)C2)CC(=O)OC(=O)C1. The van der Waals surface area contributed by atoms with E-state index >= 15 is 0 Å². The summed E-state index contributed by atoms with van der Waals surface area (Å²) in [5, 5.41) is 3.02. The Balaban J connectivity index is 2.21. The van der Waals surface area contributed by atoms with Gasteiger partial charge in [-0.05, 0) is 0 Å². The van der Waals surface area contributed by atoms with E-state index in [1.54, 1.807) is 0 Å². The lowest BCUT2D eigenvalue weighted by Gasteiger charge is -2.44. The van der Waals surface area contributed by atoms with Crippen molar-refractivity contribution in [3.05, 3.63) is 0 Å². The Bertz CT molecular complexity index is 446. The molecule has 0 saturated carbocycles. The largest absolute Gasteiger partial charge is 0.393 e. The van der Waals surface area contributed by atoms with Gasteiger partial charge in [-0.1, -0.05) is 0 Å². The van der Waals surface area contributed by atoms with Crippen molar-refractivity contribution in [2.75, 3.05) is 32.7 Å². The van der Waals surface area contributed by atoms with Gasteiger partial charge in [0.15, 0.2) is 0 Å². The molecular weight excluding hydrogens is 282 g/mol. The molecule has 0 aliphatic carbocycles. The monoisotopic (exact) mass is 299 g/mol. The number of nitrogens with one attached hydrogen (secondary N) is 1. The summed E-state index contributed by atoms with van der Waals surface area (Å²) < 4.78 is 9.00. The highest BCUT2D eigenvalue weighted by atomic mass is 16.6. The molecule has 0 amide bonds. The third-order valence-corrected chi connectivity index (χ3v) is 3.49. The molecule has 2 saturated heterocycles. The van der Waals surface area contributed by atoms with Crippen LogP contribution in [0.15, 0.2) is 0 Å². The van der Waals surface area contributed by atoms with Crippen molar-refractivity contribution in [3.63, 3.8) is 0 Å². The van der Waals surface area contributed by atoms with Crippen LogP contribution in [0.1, 0.15) is 12.8 Å². The van der Waals surface area contributed by atoms with Crippen LogP contribution >= 0.6 is 0 Å². The predicted molar refractivity (Wildman–Crippen MR) is 67.7 cm³/mol. The number of morpholine rings is 1. The number of carbonyl (C=O) groups is 4. The molecule has 0 radical (unpaired) electrons. The number of esters is 4. The molecule has 0 unspecified atom stereocenters. The second kappa shape index (κ2) is 6.29. The van der Waals surface area contributed by atoms with E-state index in [2.05, 4.69) is 14.8 Å². The Morgan fingerprint density at radius 1 is 1.00 bits per heavy atom. The lowest BCUT2D eigenvalue weighted by molar-refractivity contribution is -0.181. The van der Waals surface area contributed by atoms with Crippen LogP contribution in [-0.4, -0.2) is 67.0 Å². The van der Waals surface area contributed by atoms with Crippen LogP contribution < -0.4 is 11.1 Å². The molecule has 9 heteroatoms. The maximum absolute atomic E-state index is 11.6. The molecule has 2 fully saturated rings. The molecule has 9 nitrogen and oxygen atoms in total. The van der Waals surface area contributed by atoms with E-state index in [1.807, 2.05) is 0 Å². The number of hydrogen-bond acceptors (Lipinski definition) is 9. The van der Waals surface area contributed by atoms with Crippen molar-refractivity contribution < 1.29 is 28.7 Å². The summed E-state index contributed by atoms with van der Waals surface area (Å²) in [6.45, 7) is 0.797. The van der Waals surface area contributed by atoms with Crippen LogP contribution in [0.5, 0.6) is 0 Å². The van der Waals surface area contributed by atoms with E-state index in [0.29, 0.717) is 13.1 Å². The van der Waals surface area contributed by atoms with Gasteiger partial charge in [-0.25, -0.2) is 0 Å². The second-order valence-corrected chi connectivity index (χ2v) is 5.09. The lowest BCUT2D eigenvalue weighted by atomic mass is 9.86. The van der Waals surface area contributed by atoms with Crippen molar-refractivity contribution in [2.24, 2.45) is 5.73 Å². The van der Waals surface area contributed by atoms with Crippen LogP contribution in [0.4, 0.5) is 0 Å². The summed E-state index contributed by atoms with van der Waals surface area (Å²) >= 11 is 0. The van der Waals surface area contributed by atoms with Gasteiger partial charge in [0.25, 0.3) is 0 Å². The molecule has 0 aromatic heterocycles. The summed E-state index contributed by atoms with van der Waals surface area (Å²) in [5.74, 6) is -2.74. The van der Waals surface area contributed by atoms with Gasteiger partial charge in [-0.2, -0.15) is 0 Å². The first-order chi connectivity index (χ1) is 9.95. The lowest BCUT2D eigenvalue weighted by Crippen LogP contribution is -2.63. The van der Waals surface area contributed by atoms with Crippen LogP contribution in [0.3, 0.4) is 0 Å². The first-order valence-corrected chi connectivity index (χ1v) is 6.58. The van der Waals surface area contributed by atoms with E-state index < -0.39 is 29.4 Å². The van der Waals surface area contributed by atoms with Gasteiger partial charge in [0.1, 0.15) is 0 Å². The molecule has 116 valence electrons. The zero-order valence-corrected chi connectivity index (χ0v) is 11.4. The van der Waals surface area contributed by atoms with E-state index in [1.165, 1.54) is 4.90 Å². The molecule has 0 aromatic rings. The topological polar surface area (TPSA) is 128 Å². The Morgan fingerprint density at radius 3 is 2.05 bits per heavy atom. The summed E-state index contributed by atoms with van der Waals surface area (Å²) in [6, 6.07) is 0. The third kappa shape index (κ3) is 3.63. The fourth-order valence-electron chi connectivity index (χ4n) is 2.58. The van der Waals surface area contributed by atoms with Crippen LogP contribution in [-0.2, 0) is 28.7 Å². The number of carbonyl (C=O) groups excluding carboxylic acids is 4. The van der Waals surface area contributed by atoms with Crippen LogP contribution in [0, 0.1) is 0 Å². The minimum absolute atomic E-state index is 0.0864. The molecule has 0 spiro atoms. The molecule has 3 N–H and O–H groups in total. The molecule has 0 atom stereocenters. The Hall–Kier alpha value is -1.84. The van der Waals surface area contributed by atoms with Crippen molar-refractivity contribution in [1.29, 1.82) is 0 Å². The normalized spacial score (nSPS) is 22.9. The van der Waals surface area contributed by atoms with Gasteiger partial charge in [-0.15, -0.1) is 0 Å². The zero-order chi connectivity index (χ0) is 15.5. The number of hydrogen-bond donors (Lipinski definition) is 2. The predicted octanol–water partition coefficient (Wildman–Crippen LogP) is -2.48. The summed E-state index contributed by atoms with van der Waals surface area (Å²) in [6.07, 6.45) is -0.173. The highest BCUT2D eigenvalue weighted by Crippen LogP contribution is 2.30. The van der Waals surface area contributed by atoms with E-state index in [0.717, 1.165) is 0 Å². The number of nitrogens with zero attached hydrogens (tertiary/aromatic N) is 1. The van der Waals surface area contributed by atoms with Gasteiger partial charge in [0, 0.05) is 19.6 Å². The summed E-state index contributed by atoms with van der Waals surface area (Å²) in [5.41, 5.74) is 4.43. The van der Waals surface area contributed by atoms with Gasteiger partial charge in [0.2, 0.25) is 0 Å². The van der Waals surface area contributed by atoms with Crippen molar-refractivity contribution in [2.45, 2.75) is 18.4 Å². The van der Waals surface area contributed by atoms with Gasteiger partial charge < -0.3 is 20.5 Å². The van der Waals surface area contributed by atoms with Crippen molar-refractivity contribution >= 4 is 23.9 Å². The standard InChI is InChI=1S/C12H17N3O6/c13-1-2-14-7-12(3-8(16)20-9(17)4-12)15-5-10(18)21-11(19)6-15/h14H,1-7,13H2. The number of ether oxygens (including phenoxy) is 2. The fraction of sp³-hybridized carbons (Fsp3) is 0.667. The first kappa shape index (κ1) is 15.5. The van der Waals surface area contributed by atoms with Crippen molar-refractivity contribution in [1.82, 2.24) is 10.2 Å². The van der Waals surface area contributed by atoms with Gasteiger partial charge >= 0.3 is 23.9 Å². The molecule has 2 rings (SSSR count). The number of cyclic esters (lactones) is 4. The Labute approximate surface area is 120 Å². The minimum Gasteiger partial charge on any atom is -0.393 e. The Kier molecular flexibility index (Phi) is 4.66. The maximum atomic E-state index is 11.6. The molecule has 21 heavy (non-hydrogen) atoms. The summed E-state index contributed by atoms with van der Waals surface area (Å²) in [4.78, 5) is 47.6. The van der Waals surface area contributed by atoms with Crippen LogP contribution in [0.25, 0.3) is 0 Å². The van der Waals surface area contributed by atoms with Gasteiger partial charge in [-0.3, -0.25) is 24.1 Å². The average molecular weight is 299 g/mol. The smallest absolute Gasteiger partial charge is 0.327 e. The summed E-state index contributed by atoms with van der Waals surface area (Å²) in [7, 11) is 0. The second-order valence-electron chi connectivity index (χ2n) is 5.09. The third-order valence-electron chi connectivity index (χ3n) is 3.49. The number of nitrogens with two attached hydrogens (primary N) is 1. The Morgan fingerprint density at radius 2 is 1.52 bits per heavy atom. The highest BCUT2D eigenvalue weighted by molar-refractivity contribution is 5.92. The number of rotatable bonds is 5. The van der Waals surface area contributed by atoms with E-state index in [-0.39, 0.29) is 32.5 Å². The van der Waals surface area contributed by atoms with E-state index in [9.17, 15) is 19.2 Å². The van der Waals surface area contributed by atoms with Gasteiger partial charge in [0.05, 0.1) is 31.5 Å². The molecule has 2 aliphatic heterocycles. The molecular formula is C12H17N3O6. The van der Waals surface area contributed by atoms with E-state index in [4.69, 9.17) is 5.73 Å². The average Bonchev–Trinajstić information content (AvgIpc) is 2.36. The quantitative estimate of drug-likeness (QED) is 0.322. The molecule has 0 aromatic carbocycles. The van der Waals surface area contributed by atoms with Crippen molar-refractivity contribution in [3.8, 4) is 0 Å². The molecule has 0 bridgehead atoms. The fourth-order valence-corrected chi connectivity index (χ4v) is 2.58. The highest BCUT2D eigenvalue weighted by Gasteiger charge is 2.48. The first-order valence-electron chi connectivity index (χ1n) is 6.58. The zero-order valence-electron chi connectivity index (χ0n) is 11.4. The minimum atomic E-state index is -0.976. The molecule has 2 heterocycles. The van der Waals surface area contributed by atoms with Crippen LogP contribution in [0.2, 0.25) is 0 Å². The maximum Gasteiger partial charge on any atom is 0.327 e.